The zero-order chi connectivity index (χ0) is 21.4. The molecular weight excluding hydrogens is 418 g/mol. The molecule has 0 unspecified atom stereocenters. The maximum absolute atomic E-state index is 12.8. The van der Waals surface area contributed by atoms with Gasteiger partial charge in [-0.3, -0.25) is 4.72 Å². The van der Waals surface area contributed by atoms with Gasteiger partial charge in [0.15, 0.2) is 5.57 Å². The molecule has 2 N–H and O–H groups in total. The van der Waals surface area contributed by atoms with Crippen LogP contribution in [0.3, 0.4) is 0 Å². The highest BCUT2D eigenvalue weighted by Crippen LogP contribution is 2.28. The normalized spacial score (nSPS) is 11.3. The minimum absolute atomic E-state index is 0.0561. The van der Waals surface area contributed by atoms with Crippen LogP contribution >= 0.6 is 11.3 Å². The number of rotatable bonds is 8. The number of nitrogens with one attached hydrogen (secondary N) is 2. The SMILES string of the molecule is CCOC(=O)C(C#N)=CNc1ccccc1NS(=O)(=O)c1ccsc1C(=O)OC. The molecule has 0 atom stereocenters. The Kier molecular flexibility index (Phi) is 7.35. The predicted octanol–water partition coefficient (Wildman–Crippen LogP) is 2.72. The Morgan fingerprint density at radius 2 is 1.93 bits per heavy atom. The number of nitriles is 1. The van der Waals surface area contributed by atoms with Crippen molar-refractivity contribution in [2.75, 3.05) is 23.8 Å². The van der Waals surface area contributed by atoms with E-state index in [1.807, 2.05) is 0 Å². The summed E-state index contributed by atoms with van der Waals surface area (Å²) in [4.78, 5) is 23.2. The molecule has 2 aromatic rings. The molecule has 0 aliphatic carbocycles. The molecule has 2 rings (SSSR count). The Morgan fingerprint density at radius 3 is 2.55 bits per heavy atom. The van der Waals surface area contributed by atoms with Crippen molar-refractivity contribution in [2.24, 2.45) is 0 Å². The van der Waals surface area contributed by atoms with Crippen molar-refractivity contribution in [3.05, 3.63) is 52.4 Å². The van der Waals surface area contributed by atoms with Crippen LogP contribution in [0.2, 0.25) is 0 Å². The Hall–Kier alpha value is -3.36. The second kappa shape index (κ2) is 9.72. The molecular formula is C18H17N3O6S2. The first-order valence-corrected chi connectivity index (χ1v) is 10.5. The molecule has 9 nitrogen and oxygen atoms in total. The monoisotopic (exact) mass is 435 g/mol. The number of carbonyl (C=O) groups is 2. The number of esters is 2. The fourth-order valence-electron chi connectivity index (χ4n) is 2.14. The molecule has 1 heterocycles. The molecule has 0 spiro atoms. The summed E-state index contributed by atoms with van der Waals surface area (Å²) in [5, 5.41) is 13.3. The summed E-state index contributed by atoms with van der Waals surface area (Å²) in [5.74, 6) is -1.57. The van der Waals surface area contributed by atoms with Crippen molar-refractivity contribution in [1.29, 1.82) is 5.26 Å². The molecule has 1 aromatic carbocycles. The van der Waals surface area contributed by atoms with Crippen molar-refractivity contribution < 1.29 is 27.5 Å². The van der Waals surface area contributed by atoms with E-state index >= 15 is 0 Å². The third-order valence-corrected chi connectivity index (χ3v) is 5.88. The van der Waals surface area contributed by atoms with Gasteiger partial charge < -0.3 is 14.8 Å². The molecule has 0 saturated carbocycles. The van der Waals surface area contributed by atoms with Gasteiger partial charge in [0.05, 0.1) is 25.1 Å². The van der Waals surface area contributed by atoms with E-state index in [1.54, 1.807) is 31.2 Å². The molecule has 0 saturated heterocycles. The highest BCUT2D eigenvalue weighted by Gasteiger charge is 2.25. The lowest BCUT2D eigenvalue weighted by Crippen LogP contribution is -2.16. The smallest absolute Gasteiger partial charge is 0.350 e. The van der Waals surface area contributed by atoms with Crippen LogP contribution < -0.4 is 10.0 Å². The van der Waals surface area contributed by atoms with Crippen LogP contribution in [-0.4, -0.2) is 34.1 Å². The van der Waals surface area contributed by atoms with Crippen molar-refractivity contribution in [2.45, 2.75) is 11.8 Å². The van der Waals surface area contributed by atoms with Gasteiger partial charge in [0.2, 0.25) is 0 Å². The van der Waals surface area contributed by atoms with Gasteiger partial charge in [-0.1, -0.05) is 12.1 Å². The third-order valence-electron chi connectivity index (χ3n) is 3.45. The lowest BCUT2D eigenvalue weighted by Gasteiger charge is -2.13. The molecule has 0 aliphatic rings. The third kappa shape index (κ3) is 5.34. The molecule has 29 heavy (non-hydrogen) atoms. The van der Waals surface area contributed by atoms with Gasteiger partial charge in [-0.2, -0.15) is 5.26 Å². The Morgan fingerprint density at radius 1 is 1.24 bits per heavy atom. The number of thiophene rings is 1. The van der Waals surface area contributed by atoms with Gasteiger partial charge in [-0.15, -0.1) is 11.3 Å². The van der Waals surface area contributed by atoms with Gasteiger partial charge >= 0.3 is 11.9 Å². The van der Waals surface area contributed by atoms with Crippen molar-refractivity contribution >= 4 is 44.7 Å². The summed E-state index contributed by atoms with van der Waals surface area (Å²) in [6.07, 6.45) is 1.12. The Labute approximate surface area is 171 Å². The number of ether oxygens (including phenoxy) is 2. The number of methoxy groups -OCH3 is 1. The summed E-state index contributed by atoms with van der Waals surface area (Å²) in [6, 6.07) is 9.26. The summed E-state index contributed by atoms with van der Waals surface area (Å²) in [7, 11) is -2.94. The Bertz CT molecular complexity index is 1080. The fraction of sp³-hybridized carbons (Fsp3) is 0.167. The molecule has 0 bridgehead atoms. The van der Waals surface area contributed by atoms with Crippen LogP contribution in [0.5, 0.6) is 0 Å². The molecule has 0 fully saturated rings. The van der Waals surface area contributed by atoms with E-state index in [2.05, 4.69) is 14.8 Å². The first-order valence-electron chi connectivity index (χ1n) is 8.15. The van der Waals surface area contributed by atoms with E-state index in [0.717, 1.165) is 24.6 Å². The number of para-hydroxylation sites is 2. The number of benzene rings is 1. The number of carbonyl (C=O) groups excluding carboxylic acids is 2. The van der Waals surface area contributed by atoms with Gasteiger partial charge in [-0.25, -0.2) is 18.0 Å². The highest BCUT2D eigenvalue weighted by molar-refractivity contribution is 7.93. The molecule has 1 aromatic heterocycles. The summed E-state index contributed by atoms with van der Waals surface area (Å²) >= 11 is 0.943. The minimum atomic E-state index is -4.11. The van der Waals surface area contributed by atoms with E-state index in [0.29, 0.717) is 0 Å². The zero-order valence-electron chi connectivity index (χ0n) is 15.5. The molecule has 0 aliphatic heterocycles. The van der Waals surface area contributed by atoms with Gasteiger partial charge in [0.1, 0.15) is 15.8 Å². The second-order valence-electron chi connectivity index (χ2n) is 5.29. The van der Waals surface area contributed by atoms with Crippen LogP contribution in [0.4, 0.5) is 11.4 Å². The standard InChI is InChI=1S/C18H17N3O6S2/c1-3-27-17(22)12(10-19)11-20-13-6-4-5-7-14(13)21-29(24,25)15-8-9-28-16(15)18(23)26-2/h4-9,11,20-21H,3H2,1-2H3. The molecule has 152 valence electrons. The van der Waals surface area contributed by atoms with Gasteiger partial charge in [0.25, 0.3) is 10.0 Å². The average Bonchev–Trinajstić information content (AvgIpc) is 3.20. The van der Waals surface area contributed by atoms with Gasteiger partial charge in [-0.05, 0) is 30.5 Å². The predicted molar refractivity (Wildman–Crippen MR) is 107 cm³/mol. The number of sulfonamides is 1. The van der Waals surface area contributed by atoms with E-state index in [4.69, 9.17) is 10.00 Å². The van der Waals surface area contributed by atoms with E-state index in [9.17, 15) is 18.0 Å². The lowest BCUT2D eigenvalue weighted by atomic mass is 10.2. The highest BCUT2D eigenvalue weighted by atomic mass is 32.2. The maximum Gasteiger partial charge on any atom is 0.350 e. The molecule has 11 heteroatoms. The van der Waals surface area contributed by atoms with E-state index in [1.165, 1.54) is 17.5 Å². The van der Waals surface area contributed by atoms with Crippen LogP contribution in [0, 0.1) is 11.3 Å². The second-order valence-corrected chi connectivity index (χ2v) is 7.86. The summed E-state index contributed by atoms with van der Waals surface area (Å²) < 4.78 is 37.3. The van der Waals surface area contributed by atoms with Crippen LogP contribution in [0.15, 0.2) is 52.4 Å². The first-order chi connectivity index (χ1) is 13.8. The average molecular weight is 435 g/mol. The van der Waals surface area contributed by atoms with Crippen LogP contribution in [0.25, 0.3) is 0 Å². The zero-order valence-corrected chi connectivity index (χ0v) is 17.1. The number of hydrogen-bond acceptors (Lipinski definition) is 9. The number of nitrogens with zero attached hydrogens (tertiary/aromatic N) is 1. The van der Waals surface area contributed by atoms with Crippen LogP contribution in [-0.2, 0) is 24.3 Å². The summed E-state index contributed by atoms with van der Waals surface area (Å²) in [6.45, 7) is 1.72. The van der Waals surface area contributed by atoms with E-state index in [-0.39, 0.29) is 33.3 Å². The number of anilines is 2. The number of hydrogen-bond donors (Lipinski definition) is 2. The lowest BCUT2D eigenvalue weighted by molar-refractivity contribution is -0.138. The van der Waals surface area contributed by atoms with Crippen molar-refractivity contribution in [3.8, 4) is 6.07 Å². The van der Waals surface area contributed by atoms with Crippen molar-refractivity contribution in [1.82, 2.24) is 0 Å². The molecule has 0 radical (unpaired) electrons. The summed E-state index contributed by atoms with van der Waals surface area (Å²) in [5.41, 5.74) is 0.144. The topological polar surface area (TPSA) is 135 Å². The van der Waals surface area contributed by atoms with Crippen molar-refractivity contribution in [3.63, 3.8) is 0 Å². The van der Waals surface area contributed by atoms with E-state index < -0.39 is 22.0 Å². The fourth-order valence-corrected chi connectivity index (χ4v) is 4.56. The first kappa shape index (κ1) is 21.9. The quantitative estimate of drug-likeness (QED) is 0.367. The molecule has 0 amide bonds. The minimum Gasteiger partial charge on any atom is -0.465 e. The van der Waals surface area contributed by atoms with Crippen LogP contribution in [0.1, 0.15) is 16.6 Å². The Balaban J connectivity index is 2.32. The van der Waals surface area contributed by atoms with Gasteiger partial charge in [0, 0.05) is 6.20 Å². The maximum atomic E-state index is 12.8. The largest absolute Gasteiger partial charge is 0.465 e.